The van der Waals surface area contributed by atoms with Gasteiger partial charge in [0.15, 0.2) is 0 Å². The monoisotopic (exact) mass is 152 g/mol. The number of hydrogen-bond acceptors (Lipinski definition) is 3. The Bertz CT molecular complexity index is 357. The predicted octanol–water partition coefficient (Wildman–Crippen LogP) is 1.36. The normalized spacial score (nSPS) is 12.3. The lowest BCUT2D eigenvalue weighted by atomic mass is 10.4. The van der Waals surface area contributed by atoms with E-state index in [4.69, 9.17) is 0 Å². The van der Waals surface area contributed by atoms with Crippen LogP contribution in [0, 0.1) is 0 Å². The van der Waals surface area contributed by atoms with Crippen LogP contribution in [-0.4, -0.2) is 13.9 Å². The maximum absolute atomic E-state index is 10.9. The van der Waals surface area contributed by atoms with Crippen molar-refractivity contribution in [3.05, 3.63) is 24.5 Å². The molecule has 0 saturated carbocycles. The summed E-state index contributed by atoms with van der Waals surface area (Å²) < 4.78 is 15.3. The van der Waals surface area contributed by atoms with Crippen LogP contribution < -0.4 is 0 Å². The molecule has 2 aromatic heterocycles. The Morgan fingerprint density at radius 1 is 1.50 bits per heavy atom. The molecule has 10 heavy (non-hydrogen) atoms. The largest absolute Gasteiger partial charge is 0.568 e. The Hall–Kier alpha value is -1.00. The molecule has 2 aromatic rings. The van der Waals surface area contributed by atoms with Crippen molar-refractivity contribution in [2.75, 3.05) is 0 Å². The fourth-order valence-electron chi connectivity index (χ4n) is 0.802. The Labute approximate surface area is 60.3 Å². The Kier molecular flexibility index (Phi) is 1.15. The molecule has 0 bridgehead atoms. The lowest BCUT2D eigenvalue weighted by molar-refractivity contribution is 0.593. The average molecular weight is 152 g/mol. The molecule has 1 atom stereocenters. The van der Waals surface area contributed by atoms with E-state index in [-0.39, 0.29) is 0 Å². The number of hydrogen-bond donors (Lipinski definition) is 0. The standard InChI is InChI=1S/C6H4N2OS/c9-10-6-2-1-3-7-5(6)4-8-10/h1-4H. The van der Waals surface area contributed by atoms with Crippen LogP contribution in [0.25, 0.3) is 10.2 Å². The van der Waals surface area contributed by atoms with Crippen molar-refractivity contribution in [3.8, 4) is 0 Å². The summed E-state index contributed by atoms with van der Waals surface area (Å²) in [6.45, 7) is 0. The first-order valence-electron chi connectivity index (χ1n) is 2.79. The second-order valence-electron chi connectivity index (χ2n) is 1.87. The molecule has 0 aliphatic rings. The van der Waals surface area contributed by atoms with Gasteiger partial charge in [-0.3, -0.25) is 0 Å². The van der Waals surface area contributed by atoms with Crippen molar-refractivity contribution < 1.29 is 4.55 Å². The zero-order valence-corrected chi connectivity index (χ0v) is 5.84. The molecule has 0 spiro atoms. The first-order valence-corrected chi connectivity index (χ1v) is 3.89. The molecule has 0 aliphatic heterocycles. The van der Waals surface area contributed by atoms with E-state index < -0.39 is 10.9 Å². The summed E-state index contributed by atoms with van der Waals surface area (Å²) in [6, 6.07) is 3.52. The number of nitrogens with zero attached hydrogens (tertiary/aromatic N) is 2. The van der Waals surface area contributed by atoms with E-state index in [0.717, 1.165) is 5.52 Å². The highest BCUT2D eigenvalue weighted by Gasteiger charge is 2.04. The van der Waals surface area contributed by atoms with Crippen LogP contribution >= 0.6 is 10.9 Å². The molecule has 0 N–H and O–H groups in total. The summed E-state index contributed by atoms with van der Waals surface area (Å²) in [5.74, 6) is 0. The van der Waals surface area contributed by atoms with E-state index in [9.17, 15) is 4.55 Å². The van der Waals surface area contributed by atoms with Gasteiger partial charge in [0.05, 0.1) is 10.9 Å². The van der Waals surface area contributed by atoms with E-state index in [1.54, 1.807) is 18.3 Å². The van der Waals surface area contributed by atoms with Gasteiger partial charge >= 0.3 is 0 Å². The molecule has 0 fully saturated rings. The van der Waals surface area contributed by atoms with Crippen LogP contribution in [0.4, 0.5) is 0 Å². The van der Waals surface area contributed by atoms with E-state index in [2.05, 4.69) is 9.36 Å². The van der Waals surface area contributed by atoms with Crippen LogP contribution in [0.1, 0.15) is 0 Å². The smallest absolute Gasteiger partial charge is 0.224 e. The molecular weight excluding hydrogens is 148 g/mol. The minimum Gasteiger partial charge on any atom is -0.568 e. The van der Waals surface area contributed by atoms with Gasteiger partial charge in [0.25, 0.3) is 0 Å². The van der Waals surface area contributed by atoms with Crippen molar-refractivity contribution in [1.29, 1.82) is 0 Å². The molecule has 4 heteroatoms. The summed E-state index contributed by atoms with van der Waals surface area (Å²) in [5.41, 5.74) is 0.723. The highest BCUT2D eigenvalue weighted by atomic mass is 32.2. The van der Waals surface area contributed by atoms with E-state index in [1.165, 1.54) is 6.20 Å². The Morgan fingerprint density at radius 3 is 3.20 bits per heavy atom. The molecule has 0 amide bonds. The highest BCUT2D eigenvalue weighted by Crippen LogP contribution is 2.21. The average Bonchev–Trinajstić information content (AvgIpc) is 2.34. The quantitative estimate of drug-likeness (QED) is 0.535. The Morgan fingerprint density at radius 2 is 2.40 bits per heavy atom. The maximum Gasteiger partial charge on any atom is 0.224 e. The van der Waals surface area contributed by atoms with Crippen LogP contribution in [0.2, 0.25) is 0 Å². The van der Waals surface area contributed by atoms with Gasteiger partial charge in [-0.05, 0) is 10.4 Å². The molecular formula is C6H4N2OS. The second kappa shape index (κ2) is 2.00. The van der Waals surface area contributed by atoms with Gasteiger partial charge < -0.3 is 4.55 Å². The van der Waals surface area contributed by atoms with E-state index in [1.807, 2.05) is 0 Å². The molecule has 2 rings (SSSR count). The van der Waals surface area contributed by atoms with Gasteiger partial charge in [0, 0.05) is 12.3 Å². The molecule has 0 saturated heterocycles. The summed E-state index contributed by atoms with van der Waals surface area (Å²) in [5, 5.41) is 0. The predicted molar refractivity (Wildman–Crippen MR) is 38.2 cm³/mol. The third-order valence-corrected chi connectivity index (χ3v) is 2.28. The van der Waals surface area contributed by atoms with Gasteiger partial charge in [-0.15, -0.1) is 0 Å². The third-order valence-electron chi connectivity index (χ3n) is 1.26. The maximum atomic E-state index is 10.9. The number of aromatic nitrogens is 2. The lowest BCUT2D eigenvalue weighted by Gasteiger charge is -1.82. The highest BCUT2D eigenvalue weighted by molar-refractivity contribution is 7.26. The number of fused-ring (bicyclic) bond motifs is 1. The zero-order chi connectivity index (χ0) is 6.97. The Balaban J connectivity index is 2.93. The molecule has 1 unspecified atom stereocenters. The van der Waals surface area contributed by atoms with Crippen LogP contribution in [-0.2, 0) is 0 Å². The van der Waals surface area contributed by atoms with Crippen LogP contribution in [0.3, 0.4) is 0 Å². The summed E-state index contributed by atoms with van der Waals surface area (Å²) in [6.07, 6.45) is 3.19. The lowest BCUT2D eigenvalue weighted by Crippen LogP contribution is -1.67. The fraction of sp³-hybridized carbons (Fsp3) is 0. The third kappa shape index (κ3) is 0.698. The zero-order valence-electron chi connectivity index (χ0n) is 5.02. The SMILES string of the molecule is [O-][s+]1ncc2ncccc21. The summed E-state index contributed by atoms with van der Waals surface area (Å²) in [4.78, 5) is 3.97. The first-order chi connectivity index (χ1) is 4.88. The van der Waals surface area contributed by atoms with Gasteiger partial charge in [-0.1, -0.05) is 0 Å². The van der Waals surface area contributed by atoms with Gasteiger partial charge in [0.2, 0.25) is 4.70 Å². The summed E-state index contributed by atoms with van der Waals surface area (Å²) >= 11 is 0. The topological polar surface area (TPSA) is 48.8 Å². The summed E-state index contributed by atoms with van der Waals surface area (Å²) in [7, 11) is -1.19. The molecule has 0 aromatic carbocycles. The minimum absolute atomic E-state index is 0.711. The van der Waals surface area contributed by atoms with Crippen molar-refractivity contribution >= 4 is 21.2 Å². The molecule has 0 radical (unpaired) electrons. The first kappa shape index (κ1) is 5.76. The van der Waals surface area contributed by atoms with Gasteiger partial charge in [-0.25, -0.2) is 4.98 Å². The molecule has 2 heterocycles. The second-order valence-corrected chi connectivity index (χ2v) is 3.02. The van der Waals surface area contributed by atoms with Crippen molar-refractivity contribution in [1.82, 2.24) is 9.36 Å². The van der Waals surface area contributed by atoms with E-state index in [0.29, 0.717) is 4.70 Å². The van der Waals surface area contributed by atoms with Crippen molar-refractivity contribution in [3.63, 3.8) is 0 Å². The van der Waals surface area contributed by atoms with Crippen LogP contribution in [0.5, 0.6) is 0 Å². The number of pyridine rings is 1. The fourth-order valence-corrected chi connectivity index (χ4v) is 1.59. The van der Waals surface area contributed by atoms with Crippen molar-refractivity contribution in [2.24, 2.45) is 0 Å². The van der Waals surface area contributed by atoms with E-state index >= 15 is 0 Å². The van der Waals surface area contributed by atoms with Gasteiger partial charge in [-0.2, -0.15) is 0 Å². The number of rotatable bonds is 0. The molecule has 0 aliphatic carbocycles. The molecule has 3 nitrogen and oxygen atoms in total. The van der Waals surface area contributed by atoms with Gasteiger partial charge in [0.1, 0.15) is 11.7 Å². The van der Waals surface area contributed by atoms with Crippen molar-refractivity contribution in [2.45, 2.75) is 0 Å². The van der Waals surface area contributed by atoms with Crippen LogP contribution in [0.15, 0.2) is 24.5 Å². The minimum atomic E-state index is -1.19. The molecule has 50 valence electrons.